The number of benzene rings is 3. The van der Waals surface area contributed by atoms with E-state index >= 15 is 0 Å². The van der Waals surface area contributed by atoms with E-state index in [1.165, 1.54) is 49.6 Å². The number of methoxy groups -OCH3 is 2. The summed E-state index contributed by atoms with van der Waals surface area (Å²) in [6.45, 7) is -0.281. The lowest BCUT2D eigenvalue weighted by Crippen LogP contribution is -2.41. The van der Waals surface area contributed by atoms with Crippen LogP contribution in [0.5, 0.6) is 11.5 Å². The second-order valence-electron chi connectivity index (χ2n) is 7.09. The first-order valence-corrected chi connectivity index (χ1v) is 11.6. The first-order valence-electron chi connectivity index (χ1n) is 10.2. The maximum atomic E-state index is 14.5. The number of halogens is 1. The number of hydrogen-bond donors (Lipinski definition) is 1. The molecule has 0 saturated heterocycles. The first kappa shape index (κ1) is 24.1. The number of ether oxygens (including phenoxy) is 2. The van der Waals surface area contributed by atoms with E-state index in [1.807, 2.05) is 24.3 Å². The summed E-state index contributed by atoms with van der Waals surface area (Å²) >= 11 is 0. The zero-order chi connectivity index (χ0) is 23.8. The summed E-state index contributed by atoms with van der Waals surface area (Å²) in [5, 5.41) is 2.70. The van der Waals surface area contributed by atoms with Gasteiger partial charge < -0.3 is 14.8 Å². The third-order valence-corrected chi connectivity index (χ3v) is 6.72. The average Bonchev–Trinajstić information content (AvgIpc) is 2.83. The Morgan fingerprint density at radius 1 is 0.909 bits per heavy atom. The number of carbonyl (C=O) groups excluding carboxylic acids is 1. The predicted octanol–water partition coefficient (Wildman–Crippen LogP) is 3.40. The van der Waals surface area contributed by atoms with Gasteiger partial charge in [-0.25, -0.2) is 12.8 Å². The van der Waals surface area contributed by atoms with Crippen LogP contribution in [-0.4, -0.2) is 41.6 Å². The van der Waals surface area contributed by atoms with E-state index in [9.17, 15) is 17.6 Å². The van der Waals surface area contributed by atoms with Crippen LogP contribution in [0, 0.1) is 5.82 Å². The molecule has 9 heteroatoms. The minimum absolute atomic E-state index is 0.0856. The number of para-hydroxylation sites is 1. The van der Waals surface area contributed by atoms with Crippen LogP contribution in [0.25, 0.3) is 0 Å². The van der Waals surface area contributed by atoms with Gasteiger partial charge in [0.15, 0.2) is 0 Å². The van der Waals surface area contributed by atoms with Crippen LogP contribution in [0.15, 0.2) is 77.7 Å². The molecule has 3 aromatic rings. The van der Waals surface area contributed by atoms with Crippen molar-refractivity contribution in [3.8, 4) is 11.5 Å². The highest BCUT2D eigenvalue weighted by Crippen LogP contribution is 2.27. The van der Waals surface area contributed by atoms with Crippen molar-refractivity contribution in [1.29, 1.82) is 0 Å². The van der Waals surface area contributed by atoms with Gasteiger partial charge in [0.1, 0.15) is 23.9 Å². The Labute approximate surface area is 192 Å². The van der Waals surface area contributed by atoms with Crippen LogP contribution in [0.1, 0.15) is 5.56 Å². The Bertz CT molecular complexity index is 1180. The number of anilines is 1. The Morgan fingerprint density at radius 3 is 2.06 bits per heavy atom. The highest BCUT2D eigenvalue weighted by atomic mass is 32.2. The normalized spacial score (nSPS) is 11.0. The monoisotopic (exact) mass is 472 g/mol. The van der Waals surface area contributed by atoms with Crippen molar-refractivity contribution in [3.05, 3.63) is 84.2 Å². The molecule has 0 radical (unpaired) electrons. The molecule has 0 unspecified atom stereocenters. The van der Waals surface area contributed by atoms with E-state index < -0.39 is 28.3 Å². The zero-order valence-corrected chi connectivity index (χ0v) is 19.1. The standard InChI is InChI=1S/C24H25FN2O5S/c1-31-19-9-7-18(8-10-19)15-16-26-24(28)17-27(23-6-4-3-5-22(23)25)33(29,30)21-13-11-20(32-2)12-14-21/h3-14H,15-17H2,1-2H3,(H,26,28). The van der Waals surface area contributed by atoms with Crippen molar-refractivity contribution in [2.45, 2.75) is 11.3 Å². The summed E-state index contributed by atoms with van der Waals surface area (Å²) < 4.78 is 52.1. The van der Waals surface area contributed by atoms with Crippen molar-refractivity contribution < 1.29 is 27.1 Å². The van der Waals surface area contributed by atoms with Crippen molar-refractivity contribution in [3.63, 3.8) is 0 Å². The van der Waals surface area contributed by atoms with Gasteiger partial charge in [-0.05, 0) is 60.5 Å². The van der Waals surface area contributed by atoms with Gasteiger partial charge in [0.2, 0.25) is 5.91 Å². The maximum absolute atomic E-state index is 14.5. The average molecular weight is 473 g/mol. The molecule has 0 fully saturated rings. The molecule has 0 aliphatic carbocycles. The predicted molar refractivity (Wildman–Crippen MR) is 124 cm³/mol. The number of sulfonamides is 1. The number of rotatable bonds is 10. The molecule has 174 valence electrons. The molecule has 1 amide bonds. The fraction of sp³-hybridized carbons (Fsp3) is 0.208. The topological polar surface area (TPSA) is 84.9 Å². The Kier molecular flexibility index (Phi) is 7.89. The van der Waals surface area contributed by atoms with Crippen LogP contribution >= 0.6 is 0 Å². The third kappa shape index (κ3) is 6.01. The molecule has 0 heterocycles. The van der Waals surface area contributed by atoms with Crippen molar-refractivity contribution in [2.75, 3.05) is 31.6 Å². The largest absolute Gasteiger partial charge is 0.497 e. The van der Waals surface area contributed by atoms with Crippen molar-refractivity contribution >= 4 is 21.6 Å². The van der Waals surface area contributed by atoms with Crippen molar-refractivity contribution in [2.24, 2.45) is 0 Å². The minimum atomic E-state index is -4.22. The van der Waals surface area contributed by atoms with Gasteiger partial charge in [-0.2, -0.15) is 0 Å². The van der Waals surface area contributed by atoms with Gasteiger partial charge >= 0.3 is 0 Å². The Balaban J connectivity index is 1.76. The molecule has 0 saturated carbocycles. The zero-order valence-electron chi connectivity index (χ0n) is 18.3. The molecule has 33 heavy (non-hydrogen) atoms. The number of carbonyl (C=O) groups is 1. The van der Waals surface area contributed by atoms with Gasteiger partial charge in [-0.3, -0.25) is 9.10 Å². The van der Waals surface area contributed by atoms with Crippen LogP contribution in [0.4, 0.5) is 10.1 Å². The van der Waals surface area contributed by atoms with E-state index in [0.29, 0.717) is 18.7 Å². The maximum Gasteiger partial charge on any atom is 0.264 e. The van der Waals surface area contributed by atoms with E-state index in [0.717, 1.165) is 21.7 Å². The molecule has 0 aliphatic heterocycles. The molecule has 0 spiro atoms. The summed E-state index contributed by atoms with van der Waals surface area (Å²) in [6, 6.07) is 18.5. The first-order chi connectivity index (χ1) is 15.8. The fourth-order valence-electron chi connectivity index (χ4n) is 3.15. The molecule has 0 aromatic heterocycles. The molecule has 0 atom stereocenters. The van der Waals surface area contributed by atoms with Crippen LogP contribution in [-0.2, 0) is 21.2 Å². The number of hydrogen-bond acceptors (Lipinski definition) is 5. The summed E-state index contributed by atoms with van der Waals surface area (Å²) in [4.78, 5) is 12.5. The minimum Gasteiger partial charge on any atom is -0.497 e. The second kappa shape index (κ2) is 10.8. The molecule has 1 N–H and O–H groups in total. The smallest absolute Gasteiger partial charge is 0.264 e. The lowest BCUT2D eigenvalue weighted by Gasteiger charge is -2.24. The fourth-order valence-corrected chi connectivity index (χ4v) is 4.58. The summed E-state index contributed by atoms with van der Waals surface area (Å²) in [6.07, 6.45) is 0.542. The van der Waals surface area contributed by atoms with E-state index in [-0.39, 0.29) is 10.6 Å². The molecule has 0 bridgehead atoms. The van der Waals surface area contributed by atoms with Gasteiger partial charge in [0, 0.05) is 6.54 Å². The highest BCUT2D eigenvalue weighted by molar-refractivity contribution is 7.92. The number of amides is 1. The van der Waals surface area contributed by atoms with Gasteiger partial charge in [-0.15, -0.1) is 0 Å². The van der Waals surface area contributed by atoms with Crippen LogP contribution in [0.3, 0.4) is 0 Å². The van der Waals surface area contributed by atoms with Gasteiger partial charge in [0.25, 0.3) is 10.0 Å². The lowest BCUT2D eigenvalue weighted by molar-refractivity contribution is -0.119. The van der Waals surface area contributed by atoms with Crippen LogP contribution in [0.2, 0.25) is 0 Å². The highest BCUT2D eigenvalue weighted by Gasteiger charge is 2.29. The molecule has 7 nitrogen and oxygen atoms in total. The van der Waals surface area contributed by atoms with Crippen LogP contribution < -0.4 is 19.1 Å². The Hall–Kier alpha value is -3.59. The molecule has 3 rings (SSSR count). The van der Waals surface area contributed by atoms with Gasteiger partial charge in [0.05, 0.1) is 24.8 Å². The lowest BCUT2D eigenvalue weighted by atomic mass is 10.1. The number of nitrogens with one attached hydrogen (secondary N) is 1. The number of nitrogens with zero attached hydrogens (tertiary/aromatic N) is 1. The molecule has 3 aromatic carbocycles. The Morgan fingerprint density at radius 2 is 1.48 bits per heavy atom. The summed E-state index contributed by atoms with van der Waals surface area (Å²) in [5.41, 5.74) is 0.770. The second-order valence-corrected chi connectivity index (χ2v) is 8.95. The van der Waals surface area contributed by atoms with E-state index in [2.05, 4.69) is 5.32 Å². The quantitative estimate of drug-likeness (QED) is 0.489. The molecular formula is C24H25FN2O5S. The van der Waals surface area contributed by atoms with Gasteiger partial charge in [-0.1, -0.05) is 24.3 Å². The van der Waals surface area contributed by atoms with E-state index in [1.54, 1.807) is 7.11 Å². The van der Waals surface area contributed by atoms with E-state index in [4.69, 9.17) is 9.47 Å². The third-order valence-electron chi connectivity index (χ3n) is 4.95. The molecule has 0 aliphatic rings. The summed E-state index contributed by atoms with van der Waals surface area (Å²) in [5.74, 6) is -0.0980. The molecular weight excluding hydrogens is 447 g/mol. The SMILES string of the molecule is COc1ccc(CCNC(=O)CN(c2ccccc2F)S(=O)(=O)c2ccc(OC)cc2)cc1. The van der Waals surface area contributed by atoms with Crippen molar-refractivity contribution in [1.82, 2.24) is 5.32 Å². The summed E-state index contributed by atoms with van der Waals surface area (Å²) in [7, 11) is -1.17.